The first kappa shape index (κ1) is 13.8. The molecule has 0 saturated heterocycles. The summed E-state index contributed by atoms with van der Waals surface area (Å²) in [7, 11) is 0. The van der Waals surface area contributed by atoms with Crippen molar-refractivity contribution in [1.29, 1.82) is 0 Å². The summed E-state index contributed by atoms with van der Waals surface area (Å²) in [5, 5.41) is 0. The zero-order valence-corrected chi connectivity index (χ0v) is 11.4. The van der Waals surface area contributed by atoms with Crippen molar-refractivity contribution >= 4 is 17.0 Å². The average molecular weight is 265 g/mol. The number of fused-ring (bicyclic) bond motifs is 1. The summed E-state index contributed by atoms with van der Waals surface area (Å²) in [4.78, 5) is 4.22. The minimum Gasteiger partial charge on any atom is -0.379 e. The van der Waals surface area contributed by atoms with Gasteiger partial charge in [-0.2, -0.15) is 0 Å². The maximum atomic E-state index is 13.3. The van der Waals surface area contributed by atoms with E-state index >= 15 is 0 Å². The summed E-state index contributed by atoms with van der Waals surface area (Å²) in [6, 6.07) is 4.53. The molecular formula is C14H20FN3O. The number of hydrogen-bond donors (Lipinski definition) is 1. The van der Waals surface area contributed by atoms with Gasteiger partial charge in [0.25, 0.3) is 0 Å². The van der Waals surface area contributed by atoms with Gasteiger partial charge in [0, 0.05) is 13.2 Å². The van der Waals surface area contributed by atoms with Gasteiger partial charge in [-0.1, -0.05) is 0 Å². The van der Waals surface area contributed by atoms with Gasteiger partial charge in [-0.05, 0) is 44.9 Å². The second-order valence-electron chi connectivity index (χ2n) is 4.88. The second-order valence-corrected chi connectivity index (χ2v) is 4.88. The van der Waals surface area contributed by atoms with Crippen molar-refractivity contribution in [2.75, 3.05) is 12.3 Å². The van der Waals surface area contributed by atoms with Crippen LogP contribution in [-0.2, 0) is 11.3 Å². The zero-order valence-electron chi connectivity index (χ0n) is 11.4. The van der Waals surface area contributed by atoms with Gasteiger partial charge in [0.2, 0.25) is 5.95 Å². The van der Waals surface area contributed by atoms with E-state index < -0.39 is 0 Å². The molecule has 0 atom stereocenters. The van der Waals surface area contributed by atoms with Gasteiger partial charge in [0.15, 0.2) is 0 Å². The van der Waals surface area contributed by atoms with Gasteiger partial charge >= 0.3 is 0 Å². The highest BCUT2D eigenvalue weighted by Gasteiger charge is 2.08. The molecule has 2 rings (SSSR count). The summed E-state index contributed by atoms with van der Waals surface area (Å²) in [5.74, 6) is 0.169. The number of nitrogen functional groups attached to an aromatic ring is 1. The Morgan fingerprint density at radius 3 is 2.89 bits per heavy atom. The second kappa shape index (κ2) is 6.02. The summed E-state index contributed by atoms with van der Waals surface area (Å²) in [6.45, 7) is 5.50. The quantitative estimate of drug-likeness (QED) is 0.817. The summed E-state index contributed by atoms with van der Waals surface area (Å²) in [6.07, 6.45) is 2.14. The van der Waals surface area contributed by atoms with Crippen LogP contribution in [0.25, 0.3) is 11.0 Å². The molecule has 19 heavy (non-hydrogen) atoms. The molecule has 0 spiro atoms. The first-order chi connectivity index (χ1) is 9.08. The number of benzene rings is 1. The van der Waals surface area contributed by atoms with Crippen LogP contribution in [0.5, 0.6) is 0 Å². The van der Waals surface area contributed by atoms with Crippen molar-refractivity contribution in [1.82, 2.24) is 9.55 Å². The number of halogens is 1. The number of aromatic nitrogens is 2. The van der Waals surface area contributed by atoms with E-state index in [1.54, 1.807) is 6.07 Å². The molecule has 0 fully saturated rings. The highest BCUT2D eigenvalue weighted by molar-refractivity contribution is 5.78. The number of aryl methyl sites for hydroxylation is 1. The molecule has 2 N–H and O–H groups in total. The topological polar surface area (TPSA) is 53.1 Å². The standard InChI is InChI=1S/C14H20FN3O/c1-10(2)19-8-4-3-7-18-13-9-11(15)5-6-12(13)17-14(18)16/h5-6,9-10H,3-4,7-8H2,1-2H3,(H2,16,17). The lowest BCUT2D eigenvalue weighted by atomic mass is 10.3. The van der Waals surface area contributed by atoms with Crippen LogP contribution in [0.1, 0.15) is 26.7 Å². The van der Waals surface area contributed by atoms with Crippen molar-refractivity contribution in [3.05, 3.63) is 24.0 Å². The number of ether oxygens (including phenoxy) is 1. The molecule has 0 aliphatic carbocycles. The summed E-state index contributed by atoms with van der Waals surface area (Å²) in [5.41, 5.74) is 7.35. The number of rotatable bonds is 6. The fourth-order valence-corrected chi connectivity index (χ4v) is 2.04. The van der Waals surface area contributed by atoms with Crippen LogP contribution in [0.15, 0.2) is 18.2 Å². The average Bonchev–Trinajstić information content (AvgIpc) is 2.65. The Bertz CT molecular complexity index is 551. The molecule has 1 aromatic heterocycles. The largest absolute Gasteiger partial charge is 0.379 e. The van der Waals surface area contributed by atoms with Gasteiger partial charge < -0.3 is 15.0 Å². The smallest absolute Gasteiger partial charge is 0.201 e. The van der Waals surface area contributed by atoms with Crippen LogP contribution in [0.4, 0.5) is 10.3 Å². The molecule has 0 saturated carbocycles. The summed E-state index contributed by atoms with van der Waals surface area (Å²) < 4.78 is 20.6. The molecule has 2 aromatic rings. The molecule has 4 nitrogen and oxygen atoms in total. The lowest BCUT2D eigenvalue weighted by molar-refractivity contribution is 0.0755. The minimum atomic E-state index is -0.267. The van der Waals surface area contributed by atoms with E-state index in [0.717, 1.165) is 37.0 Å². The minimum absolute atomic E-state index is 0.258. The third kappa shape index (κ3) is 3.44. The number of nitrogens with zero attached hydrogens (tertiary/aromatic N) is 2. The Morgan fingerprint density at radius 1 is 1.37 bits per heavy atom. The number of hydrogen-bond acceptors (Lipinski definition) is 3. The van der Waals surface area contributed by atoms with Crippen LogP contribution in [-0.4, -0.2) is 22.3 Å². The molecule has 0 amide bonds. The van der Waals surface area contributed by atoms with Crippen LogP contribution in [0.2, 0.25) is 0 Å². The Balaban J connectivity index is 2.00. The van der Waals surface area contributed by atoms with E-state index in [1.165, 1.54) is 12.1 Å². The SMILES string of the molecule is CC(C)OCCCCn1c(N)nc2ccc(F)cc21. The normalized spacial score (nSPS) is 11.6. The van der Waals surface area contributed by atoms with Crippen molar-refractivity contribution in [3.8, 4) is 0 Å². The van der Waals surface area contributed by atoms with Crippen LogP contribution < -0.4 is 5.73 Å². The molecule has 0 aliphatic heterocycles. The van der Waals surface area contributed by atoms with Gasteiger partial charge in [0.1, 0.15) is 5.82 Å². The molecule has 0 aliphatic rings. The maximum Gasteiger partial charge on any atom is 0.201 e. The van der Waals surface area contributed by atoms with Crippen molar-refractivity contribution in [2.45, 2.75) is 39.3 Å². The van der Waals surface area contributed by atoms with E-state index in [4.69, 9.17) is 10.5 Å². The maximum absolute atomic E-state index is 13.3. The van der Waals surface area contributed by atoms with Crippen molar-refractivity contribution < 1.29 is 9.13 Å². The molecule has 1 aromatic carbocycles. The van der Waals surface area contributed by atoms with Crippen molar-refractivity contribution in [3.63, 3.8) is 0 Å². The van der Waals surface area contributed by atoms with Gasteiger partial charge in [-0.15, -0.1) is 0 Å². The van der Waals surface area contributed by atoms with E-state index in [1.807, 2.05) is 18.4 Å². The lowest BCUT2D eigenvalue weighted by Gasteiger charge is -2.09. The lowest BCUT2D eigenvalue weighted by Crippen LogP contribution is -2.07. The third-order valence-corrected chi connectivity index (χ3v) is 2.97. The monoisotopic (exact) mass is 265 g/mol. The van der Waals surface area contributed by atoms with E-state index in [-0.39, 0.29) is 11.9 Å². The molecular weight excluding hydrogens is 245 g/mol. The Kier molecular flexibility index (Phi) is 4.37. The molecule has 0 unspecified atom stereocenters. The number of imidazole rings is 1. The Hall–Kier alpha value is -1.62. The van der Waals surface area contributed by atoms with Crippen molar-refractivity contribution in [2.24, 2.45) is 0 Å². The van der Waals surface area contributed by atoms with Crippen LogP contribution >= 0.6 is 0 Å². The number of nitrogens with two attached hydrogens (primary N) is 1. The molecule has 5 heteroatoms. The highest BCUT2D eigenvalue weighted by Crippen LogP contribution is 2.19. The first-order valence-electron chi connectivity index (χ1n) is 6.61. The fourth-order valence-electron chi connectivity index (χ4n) is 2.04. The number of anilines is 1. The van der Waals surface area contributed by atoms with E-state index in [2.05, 4.69) is 4.98 Å². The van der Waals surface area contributed by atoms with Gasteiger partial charge in [-0.25, -0.2) is 9.37 Å². The fraction of sp³-hybridized carbons (Fsp3) is 0.500. The van der Waals surface area contributed by atoms with Crippen LogP contribution in [0.3, 0.4) is 0 Å². The summed E-state index contributed by atoms with van der Waals surface area (Å²) >= 11 is 0. The predicted molar refractivity (Wildman–Crippen MR) is 74.4 cm³/mol. The number of unbranched alkanes of at least 4 members (excludes halogenated alkanes) is 1. The molecule has 104 valence electrons. The van der Waals surface area contributed by atoms with Crippen LogP contribution in [0, 0.1) is 5.82 Å². The zero-order chi connectivity index (χ0) is 13.8. The predicted octanol–water partition coefficient (Wildman–Crippen LogP) is 2.96. The van der Waals surface area contributed by atoms with E-state index in [9.17, 15) is 4.39 Å². The first-order valence-corrected chi connectivity index (χ1v) is 6.61. The van der Waals surface area contributed by atoms with Gasteiger partial charge in [0.05, 0.1) is 17.1 Å². The Labute approximate surface area is 112 Å². The van der Waals surface area contributed by atoms with Gasteiger partial charge in [-0.3, -0.25) is 0 Å². The molecule has 0 bridgehead atoms. The molecule has 1 heterocycles. The highest BCUT2D eigenvalue weighted by atomic mass is 19.1. The Morgan fingerprint density at radius 2 is 2.16 bits per heavy atom. The van der Waals surface area contributed by atoms with E-state index in [0.29, 0.717) is 5.95 Å². The molecule has 0 radical (unpaired) electrons. The third-order valence-electron chi connectivity index (χ3n) is 2.97.